The fourth-order valence-electron chi connectivity index (χ4n) is 2.37. The minimum atomic E-state index is 0.0422. The first-order valence-corrected chi connectivity index (χ1v) is 5.90. The van der Waals surface area contributed by atoms with Gasteiger partial charge in [0.1, 0.15) is 0 Å². The van der Waals surface area contributed by atoms with Gasteiger partial charge in [-0.15, -0.1) is 0 Å². The quantitative estimate of drug-likeness (QED) is 0.819. The minimum absolute atomic E-state index is 0.0422. The third-order valence-corrected chi connectivity index (χ3v) is 2.80. The van der Waals surface area contributed by atoms with Gasteiger partial charge >= 0.3 is 0 Å². The molecule has 0 aliphatic rings. The van der Waals surface area contributed by atoms with Crippen LogP contribution in [0.25, 0.3) is 0 Å². The number of rotatable bonds is 4. The fourth-order valence-corrected chi connectivity index (χ4v) is 2.37. The summed E-state index contributed by atoms with van der Waals surface area (Å²) < 4.78 is 0. The molecule has 1 rings (SSSR count). The highest BCUT2D eigenvalue weighted by molar-refractivity contribution is 5.39. The fraction of sp³-hybridized carbons (Fsp3) is 0.571. The Hall–Kier alpha value is -0.860. The first-order valence-electron chi connectivity index (χ1n) is 5.90. The Bertz CT molecular complexity index is 335. The van der Waals surface area contributed by atoms with E-state index < -0.39 is 0 Å². The summed E-state index contributed by atoms with van der Waals surface area (Å²) in [7, 11) is 0. The Balaban J connectivity index is 3.09. The Morgan fingerprint density at radius 2 is 1.62 bits per heavy atom. The second-order valence-corrected chi connectivity index (χ2v) is 4.87. The van der Waals surface area contributed by atoms with E-state index in [2.05, 4.69) is 52.1 Å². The molecular weight excluding hydrogens is 198 g/mol. The topological polar surface area (TPSA) is 32.3 Å². The molecule has 0 fully saturated rings. The van der Waals surface area contributed by atoms with E-state index in [1.54, 1.807) is 0 Å². The molecule has 0 radical (unpaired) electrons. The predicted molar refractivity (Wildman–Crippen MR) is 68.8 cm³/mol. The van der Waals surface area contributed by atoms with Crippen LogP contribution in [0.4, 0.5) is 0 Å². The number of benzene rings is 1. The van der Waals surface area contributed by atoms with Gasteiger partial charge in [-0.25, -0.2) is 0 Å². The summed E-state index contributed by atoms with van der Waals surface area (Å²) in [5, 5.41) is 12.9. The molecule has 0 aliphatic carbocycles. The van der Waals surface area contributed by atoms with Crippen LogP contribution in [0, 0.1) is 20.8 Å². The Morgan fingerprint density at radius 3 is 2.00 bits per heavy atom. The molecule has 16 heavy (non-hydrogen) atoms. The molecule has 0 saturated carbocycles. The van der Waals surface area contributed by atoms with E-state index in [4.69, 9.17) is 0 Å². The van der Waals surface area contributed by atoms with Crippen molar-refractivity contribution < 1.29 is 5.11 Å². The molecule has 0 spiro atoms. The zero-order valence-corrected chi connectivity index (χ0v) is 11.0. The number of aliphatic hydroxyl groups is 1. The molecule has 2 heteroatoms. The number of hydrogen-bond acceptors (Lipinski definition) is 2. The van der Waals surface area contributed by atoms with Gasteiger partial charge in [0.2, 0.25) is 0 Å². The number of aliphatic hydroxyl groups excluding tert-OH is 1. The maximum Gasteiger partial charge on any atom is 0.0626 e. The van der Waals surface area contributed by atoms with E-state index in [1.165, 1.54) is 22.3 Å². The van der Waals surface area contributed by atoms with Crippen molar-refractivity contribution in [3.63, 3.8) is 0 Å². The van der Waals surface area contributed by atoms with Gasteiger partial charge in [-0.1, -0.05) is 31.5 Å². The van der Waals surface area contributed by atoms with Gasteiger partial charge in [0.25, 0.3) is 0 Å². The third kappa shape index (κ3) is 3.06. The number of nitrogens with one attached hydrogen (secondary N) is 1. The number of aryl methyl sites for hydroxylation is 3. The first kappa shape index (κ1) is 13.2. The van der Waals surface area contributed by atoms with Crippen LogP contribution in [-0.2, 0) is 0 Å². The van der Waals surface area contributed by atoms with Gasteiger partial charge in [-0.3, -0.25) is 0 Å². The molecule has 1 aromatic rings. The van der Waals surface area contributed by atoms with Gasteiger partial charge in [0, 0.05) is 6.04 Å². The summed E-state index contributed by atoms with van der Waals surface area (Å²) in [6.45, 7) is 10.7. The van der Waals surface area contributed by atoms with Crippen molar-refractivity contribution in [1.29, 1.82) is 0 Å². The Kier molecular flexibility index (Phi) is 4.51. The van der Waals surface area contributed by atoms with Crippen molar-refractivity contribution in [2.75, 3.05) is 6.61 Å². The normalized spacial score (nSPS) is 13.2. The summed E-state index contributed by atoms with van der Waals surface area (Å²) in [4.78, 5) is 0. The van der Waals surface area contributed by atoms with Gasteiger partial charge < -0.3 is 10.4 Å². The van der Waals surface area contributed by atoms with Crippen molar-refractivity contribution in [2.45, 2.75) is 46.7 Å². The van der Waals surface area contributed by atoms with Crippen LogP contribution in [0.3, 0.4) is 0 Å². The Labute approximate surface area is 98.7 Å². The molecule has 0 heterocycles. The van der Waals surface area contributed by atoms with Crippen LogP contribution in [0.5, 0.6) is 0 Å². The van der Waals surface area contributed by atoms with Crippen LogP contribution < -0.4 is 5.32 Å². The lowest BCUT2D eigenvalue weighted by Gasteiger charge is -2.23. The third-order valence-electron chi connectivity index (χ3n) is 2.80. The lowest BCUT2D eigenvalue weighted by molar-refractivity contribution is 0.236. The summed E-state index contributed by atoms with van der Waals surface area (Å²) in [5.74, 6) is 0. The summed E-state index contributed by atoms with van der Waals surface area (Å²) in [6.07, 6.45) is 0. The van der Waals surface area contributed by atoms with Crippen molar-refractivity contribution in [3.8, 4) is 0 Å². The van der Waals surface area contributed by atoms with Gasteiger partial charge in [0.15, 0.2) is 0 Å². The maximum atomic E-state index is 9.48. The molecule has 1 unspecified atom stereocenters. The molecule has 2 nitrogen and oxygen atoms in total. The number of hydrogen-bond donors (Lipinski definition) is 2. The van der Waals surface area contributed by atoms with Crippen LogP contribution >= 0.6 is 0 Å². The molecule has 1 atom stereocenters. The van der Waals surface area contributed by atoms with Crippen molar-refractivity contribution >= 4 is 0 Å². The molecule has 0 saturated heterocycles. The highest BCUT2D eigenvalue weighted by atomic mass is 16.3. The van der Waals surface area contributed by atoms with E-state index in [1.807, 2.05) is 0 Å². The molecule has 0 amide bonds. The molecular formula is C14H23NO. The Morgan fingerprint density at radius 1 is 1.12 bits per heavy atom. The van der Waals surface area contributed by atoms with E-state index in [0.29, 0.717) is 6.04 Å². The van der Waals surface area contributed by atoms with E-state index in [9.17, 15) is 5.11 Å². The van der Waals surface area contributed by atoms with Crippen molar-refractivity contribution in [3.05, 3.63) is 34.4 Å². The average Bonchev–Trinajstić information content (AvgIpc) is 2.13. The first-order chi connectivity index (χ1) is 7.45. The average molecular weight is 221 g/mol. The van der Waals surface area contributed by atoms with Gasteiger partial charge in [-0.05, 0) is 37.5 Å². The maximum absolute atomic E-state index is 9.48. The smallest absolute Gasteiger partial charge is 0.0626 e. The van der Waals surface area contributed by atoms with Crippen LogP contribution in [0.1, 0.15) is 42.1 Å². The second-order valence-electron chi connectivity index (χ2n) is 4.87. The predicted octanol–water partition coefficient (Wildman–Crippen LogP) is 2.64. The lowest BCUT2D eigenvalue weighted by Crippen LogP contribution is -2.31. The molecule has 0 aliphatic heterocycles. The zero-order valence-electron chi connectivity index (χ0n) is 11.0. The van der Waals surface area contributed by atoms with Crippen molar-refractivity contribution in [1.82, 2.24) is 5.32 Å². The largest absolute Gasteiger partial charge is 0.394 e. The zero-order chi connectivity index (χ0) is 12.3. The standard InChI is InChI=1S/C14H23NO/c1-9(2)15-13(8-16)14-11(4)6-10(3)7-12(14)5/h6-7,9,13,15-16H,8H2,1-5H3. The van der Waals surface area contributed by atoms with E-state index in [0.717, 1.165) is 0 Å². The highest BCUT2D eigenvalue weighted by Crippen LogP contribution is 2.23. The molecule has 0 bridgehead atoms. The summed E-state index contributed by atoms with van der Waals surface area (Å²) in [6, 6.07) is 4.76. The van der Waals surface area contributed by atoms with E-state index >= 15 is 0 Å². The molecule has 90 valence electrons. The van der Waals surface area contributed by atoms with Gasteiger partial charge in [-0.2, -0.15) is 0 Å². The SMILES string of the molecule is Cc1cc(C)c(C(CO)NC(C)C)c(C)c1. The van der Waals surface area contributed by atoms with Crippen molar-refractivity contribution in [2.24, 2.45) is 0 Å². The molecule has 0 aromatic heterocycles. The summed E-state index contributed by atoms with van der Waals surface area (Å²) >= 11 is 0. The monoisotopic (exact) mass is 221 g/mol. The minimum Gasteiger partial charge on any atom is -0.394 e. The molecule has 2 N–H and O–H groups in total. The van der Waals surface area contributed by atoms with E-state index in [-0.39, 0.29) is 12.6 Å². The van der Waals surface area contributed by atoms with Crippen LogP contribution in [-0.4, -0.2) is 17.8 Å². The lowest BCUT2D eigenvalue weighted by atomic mass is 9.94. The second kappa shape index (κ2) is 5.46. The van der Waals surface area contributed by atoms with Crippen LogP contribution in [0.15, 0.2) is 12.1 Å². The summed E-state index contributed by atoms with van der Waals surface area (Å²) in [5.41, 5.74) is 5.02. The van der Waals surface area contributed by atoms with Crippen LogP contribution in [0.2, 0.25) is 0 Å². The van der Waals surface area contributed by atoms with Gasteiger partial charge in [0.05, 0.1) is 12.6 Å². The molecule has 1 aromatic carbocycles. The highest BCUT2D eigenvalue weighted by Gasteiger charge is 2.16.